The third kappa shape index (κ3) is 3.01. The zero-order valence-corrected chi connectivity index (χ0v) is 14.3. The Hall–Kier alpha value is -1.66. The summed E-state index contributed by atoms with van der Waals surface area (Å²) in [7, 11) is 3.35. The molecule has 1 heterocycles. The molecular weight excluding hydrogens is 352 g/mol. The van der Waals surface area contributed by atoms with Crippen molar-refractivity contribution in [2.24, 2.45) is 0 Å². The van der Waals surface area contributed by atoms with E-state index >= 15 is 0 Å². The number of nitrogens with two attached hydrogens (primary N) is 1. The average Bonchev–Trinajstić information content (AvgIpc) is 2.73. The van der Waals surface area contributed by atoms with Gasteiger partial charge in [-0.1, -0.05) is 15.9 Å². The van der Waals surface area contributed by atoms with Gasteiger partial charge >= 0.3 is 0 Å². The first-order chi connectivity index (χ1) is 9.82. The molecule has 0 aliphatic rings. The second-order valence-electron chi connectivity index (χ2n) is 4.83. The third-order valence-electron chi connectivity index (χ3n) is 3.11. The van der Waals surface area contributed by atoms with Crippen LogP contribution in [0.1, 0.15) is 31.2 Å². The van der Waals surface area contributed by atoms with Gasteiger partial charge in [0.05, 0.1) is 15.4 Å². The van der Waals surface area contributed by atoms with Crippen molar-refractivity contribution in [1.29, 1.82) is 0 Å². The Morgan fingerprint density at radius 2 is 1.76 bits per heavy atom. The van der Waals surface area contributed by atoms with Crippen molar-refractivity contribution >= 4 is 44.0 Å². The second kappa shape index (κ2) is 5.99. The van der Waals surface area contributed by atoms with Crippen LogP contribution in [0.3, 0.4) is 0 Å². The molecule has 0 spiro atoms. The summed E-state index contributed by atoms with van der Waals surface area (Å²) in [6, 6.07) is 7.07. The lowest BCUT2D eigenvalue weighted by atomic mass is 10.0. The fourth-order valence-corrected chi connectivity index (χ4v) is 3.33. The second-order valence-corrected chi connectivity index (χ2v) is 6.80. The molecule has 2 N–H and O–H groups in total. The predicted octanol–water partition coefficient (Wildman–Crippen LogP) is 3.33. The van der Waals surface area contributed by atoms with Gasteiger partial charge < -0.3 is 10.6 Å². The number of ketones is 1. The number of amides is 1. The van der Waals surface area contributed by atoms with Gasteiger partial charge in [-0.2, -0.15) is 0 Å². The van der Waals surface area contributed by atoms with Crippen molar-refractivity contribution < 1.29 is 9.59 Å². The van der Waals surface area contributed by atoms with Crippen LogP contribution in [-0.4, -0.2) is 30.7 Å². The Bertz CT molecular complexity index is 705. The molecule has 0 fully saturated rings. The molecule has 110 valence electrons. The van der Waals surface area contributed by atoms with E-state index in [-0.39, 0.29) is 11.7 Å². The van der Waals surface area contributed by atoms with Gasteiger partial charge in [-0.15, -0.1) is 11.3 Å². The first-order valence-corrected chi connectivity index (χ1v) is 7.84. The van der Waals surface area contributed by atoms with Crippen molar-refractivity contribution in [3.8, 4) is 0 Å². The van der Waals surface area contributed by atoms with Crippen LogP contribution in [0.4, 0.5) is 5.00 Å². The highest BCUT2D eigenvalue weighted by atomic mass is 79.9. The highest BCUT2D eigenvalue weighted by Crippen LogP contribution is 2.33. The molecule has 21 heavy (non-hydrogen) atoms. The maximum atomic E-state index is 12.6. The fourth-order valence-electron chi connectivity index (χ4n) is 1.97. The number of thiophene rings is 1. The van der Waals surface area contributed by atoms with Crippen molar-refractivity contribution in [3.63, 3.8) is 0 Å². The van der Waals surface area contributed by atoms with Gasteiger partial charge in [0.25, 0.3) is 5.91 Å². The van der Waals surface area contributed by atoms with E-state index in [0.717, 1.165) is 15.8 Å². The van der Waals surface area contributed by atoms with Gasteiger partial charge in [-0.3, -0.25) is 9.59 Å². The molecule has 0 aliphatic heterocycles. The number of hydrogen-bond donors (Lipinski definition) is 1. The summed E-state index contributed by atoms with van der Waals surface area (Å²) in [5.41, 5.74) is 7.58. The van der Waals surface area contributed by atoms with E-state index in [4.69, 9.17) is 5.73 Å². The minimum absolute atomic E-state index is 0.140. The number of anilines is 1. The first-order valence-electron chi connectivity index (χ1n) is 6.23. The fraction of sp³-hybridized carbons (Fsp3) is 0.200. The standard InChI is InChI=1S/C15H15BrN2O2S/c1-8-11(12(19)9-4-6-10(16)7-5-9)14(17)21-13(8)15(20)18(2)3/h4-7H,17H2,1-3H3. The van der Waals surface area contributed by atoms with Crippen molar-refractivity contribution in [2.45, 2.75) is 6.92 Å². The lowest BCUT2D eigenvalue weighted by Gasteiger charge is -2.09. The van der Waals surface area contributed by atoms with E-state index in [1.165, 1.54) is 4.90 Å². The summed E-state index contributed by atoms with van der Waals surface area (Å²) in [4.78, 5) is 26.7. The Balaban J connectivity index is 2.47. The van der Waals surface area contributed by atoms with Crippen molar-refractivity contribution in [2.75, 3.05) is 19.8 Å². The lowest BCUT2D eigenvalue weighted by Crippen LogP contribution is -2.21. The molecule has 1 aromatic carbocycles. The van der Waals surface area contributed by atoms with Crippen LogP contribution in [0.15, 0.2) is 28.7 Å². The molecule has 6 heteroatoms. The molecule has 0 radical (unpaired) electrons. The number of benzene rings is 1. The number of halogens is 1. The molecule has 4 nitrogen and oxygen atoms in total. The molecule has 0 saturated heterocycles. The topological polar surface area (TPSA) is 63.4 Å². The van der Waals surface area contributed by atoms with E-state index in [9.17, 15) is 9.59 Å². The lowest BCUT2D eigenvalue weighted by molar-refractivity contribution is 0.0831. The molecule has 2 aromatic rings. The van der Waals surface area contributed by atoms with E-state index in [2.05, 4.69) is 15.9 Å². The predicted molar refractivity (Wildman–Crippen MR) is 89.1 cm³/mol. The minimum Gasteiger partial charge on any atom is -0.390 e. The number of nitrogen functional groups attached to an aromatic ring is 1. The van der Waals surface area contributed by atoms with Gasteiger partial charge in [0.1, 0.15) is 0 Å². The van der Waals surface area contributed by atoms with Crippen LogP contribution in [-0.2, 0) is 0 Å². The Kier molecular flexibility index (Phi) is 4.49. The maximum absolute atomic E-state index is 12.6. The maximum Gasteiger partial charge on any atom is 0.263 e. The van der Waals surface area contributed by atoms with E-state index in [1.807, 2.05) is 0 Å². The number of carbonyl (C=O) groups excluding carboxylic acids is 2. The summed E-state index contributed by atoms with van der Waals surface area (Å²) in [5, 5.41) is 0.380. The zero-order chi connectivity index (χ0) is 15.7. The van der Waals surface area contributed by atoms with Crippen molar-refractivity contribution in [1.82, 2.24) is 4.90 Å². The van der Waals surface area contributed by atoms with Gasteiger partial charge in [0, 0.05) is 24.1 Å². The first kappa shape index (κ1) is 15.7. The number of carbonyl (C=O) groups is 2. The summed E-state index contributed by atoms with van der Waals surface area (Å²) in [6.45, 7) is 1.76. The Labute approximate surface area is 135 Å². The molecule has 0 unspecified atom stereocenters. The quantitative estimate of drug-likeness (QED) is 0.847. The van der Waals surface area contributed by atoms with Gasteiger partial charge in [-0.05, 0) is 36.8 Å². The molecule has 2 rings (SSSR count). The van der Waals surface area contributed by atoms with Crippen LogP contribution in [0.25, 0.3) is 0 Å². The molecule has 1 aromatic heterocycles. The van der Waals surface area contributed by atoms with Crippen LogP contribution in [0.5, 0.6) is 0 Å². The highest BCUT2D eigenvalue weighted by molar-refractivity contribution is 9.10. The molecule has 0 atom stereocenters. The van der Waals surface area contributed by atoms with Crippen LogP contribution >= 0.6 is 27.3 Å². The zero-order valence-electron chi connectivity index (χ0n) is 11.9. The summed E-state index contributed by atoms with van der Waals surface area (Å²) < 4.78 is 0.900. The van der Waals surface area contributed by atoms with E-state index in [0.29, 0.717) is 26.6 Å². The van der Waals surface area contributed by atoms with Crippen LogP contribution < -0.4 is 5.73 Å². The normalized spacial score (nSPS) is 10.5. The SMILES string of the molecule is Cc1c(C(=O)N(C)C)sc(N)c1C(=O)c1ccc(Br)cc1. The van der Waals surface area contributed by atoms with Gasteiger partial charge in [0.15, 0.2) is 5.78 Å². The average molecular weight is 367 g/mol. The van der Waals surface area contributed by atoms with Gasteiger partial charge in [0.2, 0.25) is 0 Å². The molecule has 0 bridgehead atoms. The minimum atomic E-state index is -0.161. The number of rotatable bonds is 3. The Morgan fingerprint density at radius 1 is 1.19 bits per heavy atom. The summed E-state index contributed by atoms with van der Waals surface area (Å²) in [5.74, 6) is -0.300. The third-order valence-corrected chi connectivity index (χ3v) is 4.75. The number of hydrogen-bond acceptors (Lipinski definition) is 4. The molecule has 0 saturated carbocycles. The van der Waals surface area contributed by atoms with Gasteiger partial charge in [-0.25, -0.2) is 0 Å². The Morgan fingerprint density at radius 3 is 2.29 bits per heavy atom. The van der Waals surface area contributed by atoms with E-state index in [1.54, 1.807) is 45.3 Å². The van der Waals surface area contributed by atoms with Crippen LogP contribution in [0, 0.1) is 6.92 Å². The van der Waals surface area contributed by atoms with E-state index < -0.39 is 0 Å². The summed E-state index contributed by atoms with van der Waals surface area (Å²) in [6.07, 6.45) is 0. The highest BCUT2D eigenvalue weighted by Gasteiger charge is 2.24. The summed E-state index contributed by atoms with van der Waals surface area (Å²) >= 11 is 4.49. The largest absolute Gasteiger partial charge is 0.390 e. The van der Waals surface area contributed by atoms with Crippen LogP contribution in [0.2, 0.25) is 0 Å². The monoisotopic (exact) mass is 366 g/mol. The number of nitrogens with zero attached hydrogens (tertiary/aromatic N) is 1. The molecule has 1 amide bonds. The smallest absolute Gasteiger partial charge is 0.263 e. The molecule has 0 aliphatic carbocycles. The molecular formula is C15H15BrN2O2S. The van der Waals surface area contributed by atoms with Crippen molar-refractivity contribution in [3.05, 3.63) is 50.3 Å².